The zero-order chi connectivity index (χ0) is 25.5. The van der Waals surface area contributed by atoms with Crippen molar-refractivity contribution >= 4 is 23.2 Å². The summed E-state index contributed by atoms with van der Waals surface area (Å²) in [6.45, 7) is 1.81. The molecular formula is C25H25F3N6O2. The molecule has 8 nitrogen and oxygen atoms in total. The van der Waals surface area contributed by atoms with Crippen molar-refractivity contribution in [3.05, 3.63) is 78.0 Å². The van der Waals surface area contributed by atoms with E-state index in [4.69, 9.17) is 5.11 Å². The summed E-state index contributed by atoms with van der Waals surface area (Å²) in [5.74, 6) is 0.0716. The van der Waals surface area contributed by atoms with Crippen molar-refractivity contribution in [3.63, 3.8) is 0 Å². The molecular weight excluding hydrogens is 473 g/mol. The number of carbonyl (C=O) groups excluding carboxylic acids is 1. The molecule has 1 amide bonds. The number of aliphatic hydroxyl groups is 1. The second-order valence-corrected chi connectivity index (χ2v) is 7.99. The van der Waals surface area contributed by atoms with E-state index in [9.17, 15) is 18.0 Å². The Morgan fingerprint density at radius 2 is 1.81 bits per heavy atom. The van der Waals surface area contributed by atoms with E-state index in [1.807, 2.05) is 0 Å². The lowest BCUT2D eigenvalue weighted by atomic mass is 10.0. The highest BCUT2D eigenvalue weighted by Gasteiger charge is 2.30. The number of aliphatic hydroxyl groups excluding tert-OH is 1. The molecule has 0 aliphatic carbocycles. The van der Waals surface area contributed by atoms with Crippen LogP contribution in [-0.4, -0.2) is 51.9 Å². The van der Waals surface area contributed by atoms with Crippen LogP contribution in [0.4, 0.5) is 24.8 Å². The molecule has 0 aliphatic rings. The third-order valence-electron chi connectivity index (χ3n) is 5.37. The van der Waals surface area contributed by atoms with E-state index >= 15 is 0 Å². The lowest BCUT2D eigenvalue weighted by molar-refractivity contribution is -0.137. The van der Waals surface area contributed by atoms with Crippen LogP contribution in [0.5, 0.6) is 0 Å². The van der Waals surface area contributed by atoms with Gasteiger partial charge in [-0.05, 0) is 67.1 Å². The summed E-state index contributed by atoms with van der Waals surface area (Å²) in [6, 6.07) is 15.3. The molecule has 11 heteroatoms. The highest BCUT2D eigenvalue weighted by molar-refractivity contribution is 5.94. The molecule has 36 heavy (non-hydrogen) atoms. The summed E-state index contributed by atoms with van der Waals surface area (Å²) in [5.41, 5.74) is 1.72. The van der Waals surface area contributed by atoms with E-state index in [1.54, 1.807) is 48.7 Å². The van der Waals surface area contributed by atoms with E-state index in [-0.39, 0.29) is 18.5 Å². The first-order valence-electron chi connectivity index (χ1n) is 11.3. The van der Waals surface area contributed by atoms with Gasteiger partial charge in [0.25, 0.3) is 5.91 Å². The van der Waals surface area contributed by atoms with Gasteiger partial charge in [-0.3, -0.25) is 4.79 Å². The molecule has 2 heterocycles. The topological polar surface area (TPSA) is 104 Å². The van der Waals surface area contributed by atoms with Gasteiger partial charge in [-0.15, -0.1) is 5.10 Å². The lowest BCUT2D eigenvalue weighted by Crippen LogP contribution is -2.28. The van der Waals surface area contributed by atoms with Crippen LogP contribution >= 0.6 is 0 Å². The van der Waals surface area contributed by atoms with E-state index < -0.39 is 11.7 Å². The van der Waals surface area contributed by atoms with E-state index in [2.05, 4.69) is 26.0 Å². The zero-order valence-electron chi connectivity index (χ0n) is 19.2. The predicted molar refractivity (Wildman–Crippen MR) is 130 cm³/mol. The Hall–Kier alpha value is -3.96. The number of rotatable bonds is 10. The fourth-order valence-corrected chi connectivity index (χ4v) is 3.60. The molecule has 0 saturated carbocycles. The normalized spacial score (nSPS) is 11.6. The van der Waals surface area contributed by atoms with Gasteiger partial charge in [0.2, 0.25) is 5.95 Å². The van der Waals surface area contributed by atoms with Crippen molar-refractivity contribution in [2.75, 3.05) is 31.6 Å². The molecule has 0 saturated heterocycles. The summed E-state index contributed by atoms with van der Waals surface area (Å²) < 4.78 is 41.0. The molecule has 4 aromatic rings. The monoisotopic (exact) mass is 498 g/mol. The third kappa shape index (κ3) is 6.18. The average molecular weight is 499 g/mol. The minimum Gasteiger partial charge on any atom is -0.395 e. The van der Waals surface area contributed by atoms with Crippen molar-refractivity contribution in [2.24, 2.45) is 0 Å². The molecule has 4 N–H and O–H groups in total. The van der Waals surface area contributed by atoms with Crippen LogP contribution in [-0.2, 0) is 6.18 Å². The maximum absolute atomic E-state index is 13.2. The van der Waals surface area contributed by atoms with Gasteiger partial charge in [-0.2, -0.15) is 18.2 Å². The molecule has 0 fully saturated rings. The van der Waals surface area contributed by atoms with Crippen molar-refractivity contribution in [1.82, 2.24) is 25.2 Å². The number of nitrogens with zero attached hydrogens (tertiary/aromatic N) is 3. The van der Waals surface area contributed by atoms with E-state index in [1.165, 1.54) is 10.6 Å². The Bertz CT molecular complexity index is 1320. The van der Waals surface area contributed by atoms with Gasteiger partial charge in [-0.1, -0.05) is 12.1 Å². The quantitative estimate of drug-likeness (QED) is 0.248. The molecule has 0 radical (unpaired) electrons. The van der Waals surface area contributed by atoms with Crippen LogP contribution in [0.1, 0.15) is 22.3 Å². The maximum atomic E-state index is 13.2. The minimum atomic E-state index is -4.44. The third-order valence-corrected chi connectivity index (χ3v) is 5.37. The van der Waals surface area contributed by atoms with Gasteiger partial charge in [0.05, 0.1) is 12.2 Å². The van der Waals surface area contributed by atoms with Crippen molar-refractivity contribution in [3.8, 4) is 11.1 Å². The van der Waals surface area contributed by atoms with Crippen LogP contribution in [0.15, 0.2) is 66.9 Å². The van der Waals surface area contributed by atoms with Gasteiger partial charge in [0.1, 0.15) is 0 Å². The zero-order valence-corrected chi connectivity index (χ0v) is 19.2. The second kappa shape index (κ2) is 11.2. The first-order valence-corrected chi connectivity index (χ1v) is 11.3. The largest absolute Gasteiger partial charge is 0.416 e. The Kier molecular flexibility index (Phi) is 7.81. The first kappa shape index (κ1) is 25.1. The number of carbonyl (C=O) groups is 1. The molecule has 2 aromatic carbocycles. The van der Waals surface area contributed by atoms with Crippen LogP contribution < -0.4 is 16.0 Å². The average Bonchev–Trinajstić information content (AvgIpc) is 3.28. The maximum Gasteiger partial charge on any atom is 0.416 e. The first-order chi connectivity index (χ1) is 17.3. The van der Waals surface area contributed by atoms with Crippen LogP contribution in [0, 0.1) is 0 Å². The molecule has 0 unspecified atom stereocenters. The highest BCUT2D eigenvalue weighted by Crippen LogP contribution is 2.33. The summed E-state index contributed by atoms with van der Waals surface area (Å²) in [5, 5.41) is 22.0. The number of aromatic nitrogens is 3. The van der Waals surface area contributed by atoms with Crippen molar-refractivity contribution in [1.29, 1.82) is 0 Å². The molecule has 0 atom stereocenters. The van der Waals surface area contributed by atoms with Gasteiger partial charge in [-0.25, -0.2) is 4.52 Å². The number of anilines is 2. The smallest absolute Gasteiger partial charge is 0.395 e. The number of alkyl halides is 3. The molecule has 0 spiro atoms. The number of benzene rings is 2. The molecule has 188 valence electrons. The van der Waals surface area contributed by atoms with E-state index in [0.29, 0.717) is 47.7 Å². The minimum absolute atomic E-state index is 0.0776. The fraction of sp³-hybridized carbons (Fsp3) is 0.240. The van der Waals surface area contributed by atoms with Gasteiger partial charge >= 0.3 is 6.18 Å². The molecule has 0 bridgehead atoms. The standard InChI is InChI=1S/C25H25F3N6O2/c26-25(27,28)19-5-1-4-18(16-19)21-6-2-14-34-22(21)32-24(33-34)31-20-9-7-17(8-10-20)23(36)30-12-3-11-29-13-15-35/h1-2,4-10,14,16,29,35H,3,11-13,15H2,(H,30,36)(H,31,33). The SMILES string of the molecule is O=C(NCCCNCCO)c1ccc(Nc2nc3c(-c4cccc(C(F)(F)F)c4)cccn3n2)cc1. The number of halogens is 3. The Morgan fingerprint density at radius 3 is 2.56 bits per heavy atom. The van der Waals surface area contributed by atoms with Crippen LogP contribution in [0.3, 0.4) is 0 Å². The molecule has 4 rings (SSSR count). The number of hydrogen-bond donors (Lipinski definition) is 4. The van der Waals surface area contributed by atoms with Crippen LogP contribution in [0.2, 0.25) is 0 Å². The van der Waals surface area contributed by atoms with Crippen LogP contribution in [0.25, 0.3) is 16.8 Å². The van der Waals surface area contributed by atoms with Crippen molar-refractivity contribution < 1.29 is 23.1 Å². The molecule has 2 aromatic heterocycles. The summed E-state index contributed by atoms with van der Waals surface area (Å²) in [4.78, 5) is 16.8. The Morgan fingerprint density at radius 1 is 1.00 bits per heavy atom. The van der Waals surface area contributed by atoms with E-state index in [0.717, 1.165) is 18.6 Å². The Balaban J connectivity index is 1.44. The van der Waals surface area contributed by atoms with Gasteiger partial charge in [0, 0.05) is 36.1 Å². The number of pyridine rings is 1. The number of fused-ring (bicyclic) bond motifs is 1. The van der Waals surface area contributed by atoms with Gasteiger partial charge in [0.15, 0.2) is 5.65 Å². The summed E-state index contributed by atoms with van der Waals surface area (Å²) >= 11 is 0. The number of hydrogen-bond acceptors (Lipinski definition) is 6. The lowest BCUT2D eigenvalue weighted by Gasteiger charge is -2.09. The highest BCUT2D eigenvalue weighted by atomic mass is 19.4. The fourth-order valence-electron chi connectivity index (χ4n) is 3.60. The summed E-state index contributed by atoms with van der Waals surface area (Å²) in [6.07, 6.45) is -2.03. The number of nitrogens with one attached hydrogen (secondary N) is 3. The van der Waals surface area contributed by atoms with Crippen molar-refractivity contribution in [2.45, 2.75) is 12.6 Å². The molecule has 0 aliphatic heterocycles. The summed E-state index contributed by atoms with van der Waals surface area (Å²) in [7, 11) is 0. The predicted octanol–water partition coefficient (Wildman–Crippen LogP) is 3.86. The van der Waals surface area contributed by atoms with Gasteiger partial charge < -0.3 is 21.1 Å². The Labute approximate surface area is 205 Å². The second-order valence-electron chi connectivity index (χ2n) is 7.99. The number of amides is 1.